The fourth-order valence-corrected chi connectivity index (χ4v) is 4.94. The Morgan fingerprint density at radius 3 is 2.21 bits per heavy atom. The van der Waals surface area contributed by atoms with Crippen LogP contribution in [0.3, 0.4) is 0 Å². The Bertz CT molecular complexity index is 1120. The summed E-state index contributed by atoms with van der Waals surface area (Å²) in [5.41, 5.74) is -0.972. The topological polar surface area (TPSA) is 87.7 Å². The summed E-state index contributed by atoms with van der Waals surface area (Å²) >= 11 is 0. The fraction of sp³-hybridized carbons (Fsp3) is 0.435. The van der Waals surface area contributed by atoms with E-state index >= 15 is 0 Å². The second kappa shape index (κ2) is 9.93. The first-order chi connectivity index (χ1) is 15.8. The highest BCUT2D eigenvalue weighted by molar-refractivity contribution is 7.89. The molecule has 0 atom stereocenters. The molecule has 7 nitrogen and oxygen atoms in total. The van der Waals surface area contributed by atoms with E-state index in [4.69, 9.17) is 4.74 Å². The Labute approximate surface area is 197 Å². The van der Waals surface area contributed by atoms with Crippen molar-refractivity contribution < 1.29 is 31.1 Å². The lowest BCUT2D eigenvalue weighted by atomic mass is 10.0. The molecule has 0 spiro atoms. The minimum atomic E-state index is -4.58. The molecule has 0 unspecified atom stereocenters. The van der Waals surface area contributed by atoms with Gasteiger partial charge in [0.1, 0.15) is 0 Å². The van der Waals surface area contributed by atoms with Gasteiger partial charge in [0.2, 0.25) is 10.0 Å². The van der Waals surface area contributed by atoms with Crippen LogP contribution in [0.5, 0.6) is 0 Å². The number of carbonyl (C=O) groups excluding carboxylic acids is 1. The van der Waals surface area contributed by atoms with Crippen molar-refractivity contribution in [3.63, 3.8) is 0 Å². The monoisotopic (exact) mass is 499 g/mol. The number of ether oxygens (including phenoxy) is 1. The standard InChI is InChI=1S/C23H28F3N3O4S/c1-22(2,3)28-34(31,32)19-8-5-16(6-9-19)21(30)27-15-17-4-7-18(14-20(17)23(24,25)26)29-10-12-33-13-11-29/h4-9,14,28H,10-13,15H2,1-3H3,(H,27,30). The predicted octanol–water partition coefficient (Wildman–Crippen LogP) is 3.55. The molecule has 1 aliphatic heterocycles. The van der Waals surface area contributed by atoms with Crippen LogP contribution in [-0.2, 0) is 27.5 Å². The van der Waals surface area contributed by atoms with E-state index < -0.39 is 33.2 Å². The van der Waals surface area contributed by atoms with Crippen LogP contribution in [-0.4, -0.2) is 46.2 Å². The number of alkyl halides is 3. The summed E-state index contributed by atoms with van der Waals surface area (Å²) in [6.07, 6.45) is -4.58. The Balaban J connectivity index is 1.72. The maximum absolute atomic E-state index is 13.7. The number of nitrogens with zero attached hydrogens (tertiary/aromatic N) is 1. The van der Waals surface area contributed by atoms with Crippen molar-refractivity contribution in [3.8, 4) is 0 Å². The third kappa shape index (κ3) is 6.71. The Morgan fingerprint density at radius 1 is 1.03 bits per heavy atom. The van der Waals surface area contributed by atoms with Crippen LogP contribution in [0.4, 0.5) is 18.9 Å². The minimum Gasteiger partial charge on any atom is -0.378 e. The first kappa shape index (κ1) is 26.0. The highest BCUT2D eigenvalue weighted by atomic mass is 32.2. The number of hydrogen-bond acceptors (Lipinski definition) is 5. The summed E-state index contributed by atoms with van der Waals surface area (Å²) in [6.45, 7) is 6.69. The normalized spacial score (nSPS) is 15.3. The third-order valence-corrected chi connectivity index (χ3v) is 6.86. The summed E-state index contributed by atoms with van der Waals surface area (Å²) in [4.78, 5) is 14.3. The van der Waals surface area contributed by atoms with Crippen molar-refractivity contribution in [2.75, 3.05) is 31.2 Å². The zero-order chi connectivity index (χ0) is 25.1. The molecule has 2 aromatic carbocycles. The van der Waals surface area contributed by atoms with Crippen molar-refractivity contribution in [1.29, 1.82) is 0 Å². The van der Waals surface area contributed by atoms with E-state index in [2.05, 4.69) is 10.0 Å². The summed E-state index contributed by atoms with van der Waals surface area (Å²) in [5.74, 6) is -0.613. The number of halogens is 3. The van der Waals surface area contributed by atoms with Crippen molar-refractivity contribution in [3.05, 3.63) is 59.2 Å². The van der Waals surface area contributed by atoms with Crippen molar-refractivity contribution >= 4 is 21.6 Å². The zero-order valence-corrected chi connectivity index (χ0v) is 20.0. The van der Waals surface area contributed by atoms with Crippen molar-refractivity contribution in [1.82, 2.24) is 10.0 Å². The second-order valence-electron chi connectivity index (χ2n) is 9.00. The predicted molar refractivity (Wildman–Crippen MR) is 122 cm³/mol. The van der Waals surface area contributed by atoms with Gasteiger partial charge in [0.05, 0.1) is 23.7 Å². The number of amides is 1. The van der Waals surface area contributed by atoms with Gasteiger partial charge in [-0.25, -0.2) is 13.1 Å². The number of hydrogen-bond donors (Lipinski definition) is 2. The van der Waals surface area contributed by atoms with Gasteiger partial charge in [-0.2, -0.15) is 13.2 Å². The molecule has 0 aromatic heterocycles. The molecular formula is C23H28F3N3O4S. The van der Waals surface area contributed by atoms with E-state index in [0.29, 0.717) is 32.0 Å². The van der Waals surface area contributed by atoms with Gasteiger partial charge < -0.3 is 15.0 Å². The van der Waals surface area contributed by atoms with Crippen LogP contribution in [0, 0.1) is 0 Å². The van der Waals surface area contributed by atoms with Crippen LogP contribution in [0.2, 0.25) is 0 Å². The van der Waals surface area contributed by atoms with Crippen LogP contribution in [0.25, 0.3) is 0 Å². The number of rotatable bonds is 6. The van der Waals surface area contributed by atoms with Crippen LogP contribution >= 0.6 is 0 Å². The molecule has 0 bridgehead atoms. The molecule has 34 heavy (non-hydrogen) atoms. The lowest BCUT2D eigenvalue weighted by Gasteiger charge is -2.29. The van der Waals surface area contributed by atoms with Crippen LogP contribution in [0.1, 0.15) is 42.3 Å². The maximum atomic E-state index is 13.7. The summed E-state index contributed by atoms with van der Waals surface area (Å²) in [5, 5.41) is 2.49. The second-order valence-corrected chi connectivity index (χ2v) is 10.7. The van der Waals surface area contributed by atoms with Gasteiger partial charge in [-0.05, 0) is 62.7 Å². The maximum Gasteiger partial charge on any atom is 0.416 e. The van der Waals surface area contributed by atoms with Gasteiger partial charge in [0, 0.05) is 36.4 Å². The average molecular weight is 500 g/mol. The van der Waals surface area contributed by atoms with Gasteiger partial charge in [0.15, 0.2) is 0 Å². The third-order valence-electron chi connectivity index (χ3n) is 5.08. The van der Waals surface area contributed by atoms with E-state index in [-0.39, 0.29) is 22.6 Å². The van der Waals surface area contributed by atoms with Crippen molar-refractivity contribution in [2.24, 2.45) is 0 Å². The van der Waals surface area contributed by atoms with E-state index in [1.165, 1.54) is 30.3 Å². The number of carbonyl (C=O) groups is 1. The molecule has 2 N–H and O–H groups in total. The number of benzene rings is 2. The zero-order valence-electron chi connectivity index (χ0n) is 19.2. The SMILES string of the molecule is CC(C)(C)NS(=O)(=O)c1ccc(C(=O)NCc2ccc(N3CCOCC3)cc2C(F)(F)F)cc1. The lowest BCUT2D eigenvalue weighted by Crippen LogP contribution is -2.40. The molecule has 0 radical (unpaired) electrons. The van der Waals surface area contributed by atoms with Crippen molar-refractivity contribution in [2.45, 2.75) is 43.9 Å². The van der Waals surface area contributed by atoms with Gasteiger partial charge >= 0.3 is 6.18 Å². The Hall–Kier alpha value is -2.63. The molecule has 1 amide bonds. The molecule has 3 rings (SSSR count). The lowest BCUT2D eigenvalue weighted by molar-refractivity contribution is -0.138. The molecule has 1 heterocycles. The quantitative estimate of drug-likeness (QED) is 0.635. The molecule has 1 saturated heterocycles. The van der Waals surface area contributed by atoms with Crippen LogP contribution in [0.15, 0.2) is 47.4 Å². The minimum absolute atomic E-state index is 0.0166. The largest absolute Gasteiger partial charge is 0.416 e. The average Bonchev–Trinajstić information content (AvgIpc) is 2.76. The van der Waals surface area contributed by atoms with Gasteiger partial charge in [-0.3, -0.25) is 4.79 Å². The van der Waals surface area contributed by atoms with Crippen LogP contribution < -0.4 is 14.9 Å². The smallest absolute Gasteiger partial charge is 0.378 e. The molecule has 0 aliphatic carbocycles. The molecule has 186 valence electrons. The first-order valence-electron chi connectivity index (χ1n) is 10.7. The highest BCUT2D eigenvalue weighted by Crippen LogP contribution is 2.35. The molecule has 2 aromatic rings. The molecule has 0 saturated carbocycles. The summed E-state index contributed by atoms with van der Waals surface area (Å²) in [6, 6.07) is 9.25. The van der Waals surface area contributed by atoms with Gasteiger partial charge in [0.25, 0.3) is 5.91 Å². The summed E-state index contributed by atoms with van der Waals surface area (Å²) in [7, 11) is -3.77. The number of sulfonamides is 1. The van der Waals surface area contributed by atoms with E-state index in [1.807, 2.05) is 4.90 Å². The number of anilines is 1. The van der Waals surface area contributed by atoms with Gasteiger partial charge in [-0.15, -0.1) is 0 Å². The Kier molecular flexibility index (Phi) is 7.59. The van der Waals surface area contributed by atoms with E-state index in [0.717, 1.165) is 6.07 Å². The fourth-order valence-electron chi connectivity index (χ4n) is 3.53. The highest BCUT2D eigenvalue weighted by Gasteiger charge is 2.34. The number of nitrogens with one attached hydrogen (secondary N) is 2. The molecule has 1 fully saturated rings. The Morgan fingerprint density at radius 2 is 1.65 bits per heavy atom. The first-order valence-corrected chi connectivity index (χ1v) is 12.2. The summed E-state index contributed by atoms with van der Waals surface area (Å²) < 4.78 is 73.6. The molecule has 1 aliphatic rings. The van der Waals surface area contributed by atoms with E-state index in [1.54, 1.807) is 26.8 Å². The van der Waals surface area contributed by atoms with E-state index in [9.17, 15) is 26.4 Å². The molecular weight excluding hydrogens is 471 g/mol. The van der Waals surface area contributed by atoms with Gasteiger partial charge in [-0.1, -0.05) is 6.07 Å². The number of morpholine rings is 1. The molecule has 11 heteroatoms.